The molecule has 2 aromatic rings. The molecule has 4 nitrogen and oxygen atoms in total. The second-order valence-electron chi connectivity index (χ2n) is 4.44. The van der Waals surface area contributed by atoms with Gasteiger partial charge in [-0.2, -0.15) is 5.10 Å². The van der Waals surface area contributed by atoms with Crippen LogP contribution in [-0.2, 0) is 13.1 Å². The molecule has 0 bridgehead atoms. The number of para-hydroxylation sites is 1. The van der Waals surface area contributed by atoms with E-state index in [0.717, 1.165) is 31.9 Å². The molecule has 2 rings (SSSR count). The highest BCUT2D eigenvalue weighted by atomic mass is 15.3. The van der Waals surface area contributed by atoms with E-state index in [1.165, 1.54) is 10.9 Å². The third kappa shape index (κ3) is 2.54. The van der Waals surface area contributed by atoms with Crippen molar-refractivity contribution in [1.29, 1.82) is 0 Å². The standard InChI is InChI=1S/C14H22N4/c1-3-17(10-9-15)11-13-12-7-5-6-8-14(12)18(4-2)16-13/h5-8H,3-4,9-11,15H2,1-2H3. The SMILES string of the molecule is CCN(CCN)Cc1nn(CC)c2ccccc12. The van der Waals surface area contributed by atoms with E-state index < -0.39 is 0 Å². The fourth-order valence-corrected chi connectivity index (χ4v) is 2.30. The number of benzene rings is 1. The fraction of sp³-hybridized carbons (Fsp3) is 0.500. The van der Waals surface area contributed by atoms with Gasteiger partial charge < -0.3 is 5.73 Å². The molecule has 2 N–H and O–H groups in total. The molecule has 0 spiro atoms. The van der Waals surface area contributed by atoms with E-state index in [1.807, 2.05) is 0 Å². The largest absolute Gasteiger partial charge is 0.329 e. The molecule has 0 aliphatic heterocycles. The molecule has 0 unspecified atom stereocenters. The molecule has 0 aliphatic rings. The van der Waals surface area contributed by atoms with Crippen LogP contribution in [0.2, 0.25) is 0 Å². The zero-order valence-electron chi connectivity index (χ0n) is 11.3. The lowest BCUT2D eigenvalue weighted by molar-refractivity contribution is 0.284. The van der Waals surface area contributed by atoms with Crippen LogP contribution in [0.5, 0.6) is 0 Å². The van der Waals surface area contributed by atoms with Gasteiger partial charge in [0.1, 0.15) is 0 Å². The minimum Gasteiger partial charge on any atom is -0.329 e. The first kappa shape index (κ1) is 13.1. The predicted molar refractivity (Wildman–Crippen MR) is 75.4 cm³/mol. The van der Waals surface area contributed by atoms with E-state index in [2.05, 4.69) is 47.7 Å². The summed E-state index contributed by atoms with van der Waals surface area (Å²) in [5, 5.41) is 5.97. The molecule has 0 radical (unpaired) electrons. The molecule has 0 amide bonds. The minimum absolute atomic E-state index is 0.695. The second kappa shape index (κ2) is 5.98. The van der Waals surface area contributed by atoms with Crippen LogP contribution < -0.4 is 5.73 Å². The van der Waals surface area contributed by atoms with E-state index in [4.69, 9.17) is 10.8 Å². The first-order chi connectivity index (χ1) is 8.80. The highest BCUT2D eigenvalue weighted by Gasteiger charge is 2.11. The Bertz CT molecular complexity index is 503. The van der Waals surface area contributed by atoms with Gasteiger partial charge in [-0.25, -0.2) is 0 Å². The molecule has 0 atom stereocenters. The van der Waals surface area contributed by atoms with Crippen LogP contribution >= 0.6 is 0 Å². The highest BCUT2D eigenvalue weighted by Crippen LogP contribution is 2.19. The van der Waals surface area contributed by atoms with Gasteiger partial charge in [0.2, 0.25) is 0 Å². The van der Waals surface area contributed by atoms with E-state index in [9.17, 15) is 0 Å². The average Bonchev–Trinajstić information content (AvgIpc) is 2.76. The maximum atomic E-state index is 5.64. The summed E-state index contributed by atoms with van der Waals surface area (Å²) in [6, 6.07) is 8.43. The molecule has 0 saturated carbocycles. The number of likely N-dealkylation sites (N-methyl/N-ethyl adjacent to an activating group) is 1. The Hall–Kier alpha value is -1.39. The molecule has 18 heavy (non-hydrogen) atoms. The van der Waals surface area contributed by atoms with Crippen LogP contribution in [0.15, 0.2) is 24.3 Å². The molecule has 1 heterocycles. The van der Waals surface area contributed by atoms with Gasteiger partial charge in [-0.05, 0) is 19.5 Å². The lowest BCUT2D eigenvalue weighted by Crippen LogP contribution is -2.29. The van der Waals surface area contributed by atoms with E-state index >= 15 is 0 Å². The summed E-state index contributed by atoms with van der Waals surface area (Å²) in [5.41, 5.74) is 8.01. The minimum atomic E-state index is 0.695. The molecule has 1 aromatic heterocycles. The van der Waals surface area contributed by atoms with E-state index in [1.54, 1.807) is 0 Å². The number of hydrogen-bond acceptors (Lipinski definition) is 3. The topological polar surface area (TPSA) is 47.1 Å². The summed E-state index contributed by atoms with van der Waals surface area (Å²) in [6.07, 6.45) is 0. The van der Waals surface area contributed by atoms with Gasteiger partial charge in [0.05, 0.1) is 11.2 Å². The van der Waals surface area contributed by atoms with Crippen molar-refractivity contribution in [1.82, 2.24) is 14.7 Å². The summed E-state index contributed by atoms with van der Waals surface area (Å²) in [5.74, 6) is 0. The summed E-state index contributed by atoms with van der Waals surface area (Å²) in [6.45, 7) is 8.69. The number of nitrogens with zero attached hydrogens (tertiary/aromatic N) is 3. The molecule has 4 heteroatoms. The maximum Gasteiger partial charge on any atom is 0.0843 e. The lowest BCUT2D eigenvalue weighted by atomic mass is 10.2. The Morgan fingerprint density at radius 3 is 2.72 bits per heavy atom. The van der Waals surface area contributed by atoms with Gasteiger partial charge >= 0.3 is 0 Å². The summed E-state index contributed by atoms with van der Waals surface area (Å²) in [7, 11) is 0. The van der Waals surface area contributed by atoms with Crippen LogP contribution in [0.3, 0.4) is 0 Å². The number of aryl methyl sites for hydroxylation is 1. The predicted octanol–water partition coefficient (Wildman–Crippen LogP) is 1.84. The normalized spacial score (nSPS) is 11.6. The van der Waals surface area contributed by atoms with Crippen LogP contribution in [0, 0.1) is 0 Å². The van der Waals surface area contributed by atoms with Crippen LogP contribution in [-0.4, -0.2) is 34.3 Å². The van der Waals surface area contributed by atoms with Crippen molar-refractivity contribution in [2.45, 2.75) is 26.9 Å². The Labute approximate surface area is 108 Å². The average molecular weight is 246 g/mol. The maximum absolute atomic E-state index is 5.64. The van der Waals surface area contributed by atoms with Gasteiger partial charge in [0, 0.05) is 31.6 Å². The van der Waals surface area contributed by atoms with E-state index in [0.29, 0.717) is 6.54 Å². The molecular weight excluding hydrogens is 224 g/mol. The first-order valence-corrected chi connectivity index (χ1v) is 6.67. The Morgan fingerprint density at radius 2 is 2.06 bits per heavy atom. The Balaban J connectivity index is 2.32. The lowest BCUT2D eigenvalue weighted by Gasteiger charge is -2.17. The summed E-state index contributed by atoms with van der Waals surface area (Å²) >= 11 is 0. The molecule has 0 fully saturated rings. The van der Waals surface area contributed by atoms with Gasteiger partial charge in [0.25, 0.3) is 0 Å². The van der Waals surface area contributed by atoms with Crippen molar-refractivity contribution in [3.8, 4) is 0 Å². The Morgan fingerprint density at radius 1 is 1.28 bits per heavy atom. The second-order valence-corrected chi connectivity index (χ2v) is 4.44. The van der Waals surface area contributed by atoms with Crippen molar-refractivity contribution >= 4 is 10.9 Å². The van der Waals surface area contributed by atoms with Crippen molar-refractivity contribution in [3.63, 3.8) is 0 Å². The molecule has 0 saturated heterocycles. The molecule has 98 valence electrons. The zero-order chi connectivity index (χ0) is 13.0. The van der Waals surface area contributed by atoms with Crippen molar-refractivity contribution in [3.05, 3.63) is 30.0 Å². The third-order valence-electron chi connectivity index (χ3n) is 3.30. The van der Waals surface area contributed by atoms with Crippen LogP contribution in [0.1, 0.15) is 19.5 Å². The van der Waals surface area contributed by atoms with Gasteiger partial charge in [-0.15, -0.1) is 0 Å². The smallest absolute Gasteiger partial charge is 0.0843 e. The van der Waals surface area contributed by atoms with Crippen molar-refractivity contribution in [2.24, 2.45) is 5.73 Å². The number of nitrogens with two attached hydrogens (primary N) is 1. The van der Waals surface area contributed by atoms with Crippen molar-refractivity contribution < 1.29 is 0 Å². The monoisotopic (exact) mass is 246 g/mol. The zero-order valence-corrected chi connectivity index (χ0v) is 11.3. The first-order valence-electron chi connectivity index (χ1n) is 6.67. The third-order valence-corrected chi connectivity index (χ3v) is 3.30. The number of rotatable bonds is 6. The van der Waals surface area contributed by atoms with Crippen LogP contribution in [0.25, 0.3) is 10.9 Å². The van der Waals surface area contributed by atoms with Gasteiger partial charge in [0.15, 0.2) is 0 Å². The Kier molecular flexibility index (Phi) is 4.33. The van der Waals surface area contributed by atoms with Gasteiger partial charge in [-0.3, -0.25) is 9.58 Å². The molecule has 0 aliphatic carbocycles. The highest BCUT2D eigenvalue weighted by molar-refractivity contribution is 5.81. The van der Waals surface area contributed by atoms with Crippen LogP contribution in [0.4, 0.5) is 0 Å². The number of fused-ring (bicyclic) bond motifs is 1. The number of aromatic nitrogens is 2. The van der Waals surface area contributed by atoms with E-state index in [-0.39, 0.29) is 0 Å². The quantitative estimate of drug-likeness (QED) is 0.846. The molecule has 1 aromatic carbocycles. The molecular formula is C14H22N4. The van der Waals surface area contributed by atoms with Gasteiger partial charge in [-0.1, -0.05) is 25.1 Å². The summed E-state index contributed by atoms with van der Waals surface area (Å²) in [4.78, 5) is 2.33. The van der Waals surface area contributed by atoms with Crippen molar-refractivity contribution in [2.75, 3.05) is 19.6 Å². The summed E-state index contributed by atoms with van der Waals surface area (Å²) < 4.78 is 2.07. The fourth-order valence-electron chi connectivity index (χ4n) is 2.30. The number of hydrogen-bond donors (Lipinski definition) is 1.